The fourth-order valence-corrected chi connectivity index (χ4v) is 3.89. The van der Waals surface area contributed by atoms with E-state index in [4.69, 9.17) is 21.1 Å². The van der Waals surface area contributed by atoms with Crippen LogP contribution in [0.15, 0.2) is 12.1 Å². The summed E-state index contributed by atoms with van der Waals surface area (Å²) in [7, 11) is 0. The van der Waals surface area contributed by atoms with Crippen molar-refractivity contribution in [3.05, 3.63) is 32.8 Å². The molecule has 1 unspecified atom stereocenters. The number of carbonyl (C=O) groups excluding carboxylic acids is 2. The molecule has 1 amide bonds. The lowest BCUT2D eigenvalue weighted by atomic mass is 9.94. The van der Waals surface area contributed by atoms with Gasteiger partial charge in [0, 0.05) is 19.0 Å². The average Bonchev–Trinajstić information content (AvgIpc) is 2.69. The molecule has 1 saturated carbocycles. The molecule has 0 bridgehead atoms. The largest absolute Gasteiger partial charge is 0.484 e. The minimum absolute atomic E-state index is 0.00828. The van der Waals surface area contributed by atoms with E-state index in [1.165, 1.54) is 26.0 Å². The number of ether oxygens (including phenoxy) is 2. The van der Waals surface area contributed by atoms with Gasteiger partial charge in [0.1, 0.15) is 17.4 Å². The molecule has 9 nitrogen and oxygen atoms in total. The maximum Gasteiger partial charge on any atom is 0.302 e. The molecule has 1 aromatic rings. The van der Waals surface area contributed by atoms with Crippen molar-refractivity contribution < 1.29 is 29.1 Å². The zero-order valence-electron chi connectivity index (χ0n) is 17.1. The molecule has 0 spiro atoms. The molecule has 1 aromatic carbocycles. The number of nitro groups is 1. The van der Waals surface area contributed by atoms with Crippen molar-refractivity contribution in [1.29, 1.82) is 0 Å². The number of aliphatic hydroxyl groups excluding tert-OH is 1. The Morgan fingerprint density at radius 1 is 1.33 bits per heavy atom. The van der Waals surface area contributed by atoms with Gasteiger partial charge >= 0.3 is 5.97 Å². The van der Waals surface area contributed by atoms with E-state index in [0.29, 0.717) is 0 Å². The van der Waals surface area contributed by atoms with Crippen molar-refractivity contribution in [3.63, 3.8) is 0 Å². The summed E-state index contributed by atoms with van der Waals surface area (Å²) in [6, 6.07) is 2.62. The van der Waals surface area contributed by atoms with Gasteiger partial charge < -0.3 is 19.5 Å². The molecule has 10 heteroatoms. The number of nitrogens with zero attached hydrogens (tertiary/aromatic N) is 2. The lowest BCUT2D eigenvalue weighted by Gasteiger charge is -2.34. The Labute approximate surface area is 180 Å². The molecule has 1 fully saturated rings. The molecular weight excluding hydrogens is 416 g/mol. The van der Waals surface area contributed by atoms with E-state index < -0.39 is 22.7 Å². The summed E-state index contributed by atoms with van der Waals surface area (Å²) in [5, 5.41) is 20.9. The number of aliphatic hydroxyl groups is 1. The number of hydrogen-bond acceptors (Lipinski definition) is 7. The van der Waals surface area contributed by atoms with Gasteiger partial charge in [0.25, 0.3) is 11.6 Å². The third kappa shape index (κ3) is 6.56. The molecule has 166 valence electrons. The van der Waals surface area contributed by atoms with Crippen LogP contribution in [0, 0.1) is 10.1 Å². The van der Waals surface area contributed by atoms with Gasteiger partial charge in [-0.15, -0.1) is 0 Å². The molecule has 0 aromatic heterocycles. The van der Waals surface area contributed by atoms with Gasteiger partial charge in [-0.3, -0.25) is 19.7 Å². The van der Waals surface area contributed by atoms with Crippen LogP contribution in [0.4, 0.5) is 5.69 Å². The number of carbonyl (C=O) groups is 2. The second-order valence-corrected chi connectivity index (χ2v) is 7.69. The van der Waals surface area contributed by atoms with Crippen molar-refractivity contribution in [2.75, 3.05) is 19.8 Å². The van der Waals surface area contributed by atoms with E-state index in [-0.39, 0.29) is 48.0 Å². The number of esters is 1. The predicted molar refractivity (Wildman–Crippen MR) is 109 cm³/mol. The van der Waals surface area contributed by atoms with Crippen LogP contribution in [0.25, 0.3) is 0 Å². The lowest BCUT2D eigenvalue weighted by molar-refractivity contribution is -0.386. The average molecular weight is 443 g/mol. The van der Waals surface area contributed by atoms with E-state index in [0.717, 1.165) is 32.1 Å². The Kier molecular flexibility index (Phi) is 8.86. The van der Waals surface area contributed by atoms with Crippen molar-refractivity contribution >= 4 is 29.2 Å². The van der Waals surface area contributed by atoms with Crippen LogP contribution in [0.3, 0.4) is 0 Å². The second-order valence-electron chi connectivity index (χ2n) is 7.28. The standard InChI is InChI=1S/C20H27ClN2O7/c1-13(24)17-10-16(11-18(21)20(17)23(27)28)30-12-19(26)22(8-9-29-14(2)25)15-6-4-3-5-7-15/h10-11,13,15,24H,3-9,12H2,1-2H3. The monoisotopic (exact) mass is 442 g/mol. The fraction of sp³-hybridized carbons (Fsp3) is 0.600. The highest BCUT2D eigenvalue weighted by Crippen LogP contribution is 2.36. The first-order valence-corrected chi connectivity index (χ1v) is 10.3. The molecule has 0 aliphatic heterocycles. The Morgan fingerprint density at radius 2 is 2.00 bits per heavy atom. The second kappa shape index (κ2) is 11.1. The van der Waals surface area contributed by atoms with E-state index in [1.54, 1.807) is 4.90 Å². The molecule has 0 radical (unpaired) electrons. The normalized spacial score (nSPS) is 15.3. The summed E-state index contributed by atoms with van der Waals surface area (Å²) >= 11 is 5.99. The summed E-state index contributed by atoms with van der Waals surface area (Å²) in [6.45, 7) is 2.77. The summed E-state index contributed by atoms with van der Waals surface area (Å²) in [4.78, 5) is 36.1. The Morgan fingerprint density at radius 3 is 2.57 bits per heavy atom. The van der Waals surface area contributed by atoms with Crippen LogP contribution in [-0.2, 0) is 14.3 Å². The van der Waals surface area contributed by atoms with Crippen LogP contribution in [0.2, 0.25) is 5.02 Å². The number of benzene rings is 1. The van der Waals surface area contributed by atoms with Crippen molar-refractivity contribution in [3.8, 4) is 5.75 Å². The van der Waals surface area contributed by atoms with Gasteiger partial charge in [0.05, 0.1) is 23.1 Å². The summed E-state index contributed by atoms with van der Waals surface area (Å²) in [5.41, 5.74) is -0.385. The third-order valence-electron chi connectivity index (χ3n) is 5.03. The van der Waals surface area contributed by atoms with Crippen LogP contribution in [0.5, 0.6) is 5.75 Å². The number of nitro benzene ring substituents is 1. The van der Waals surface area contributed by atoms with Gasteiger partial charge in [0.2, 0.25) is 0 Å². The van der Waals surface area contributed by atoms with Gasteiger partial charge in [-0.05, 0) is 25.8 Å². The minimum Gasteiger partial charge on any atom is -0.484 e. The van der Waals surface area contributed by atoms with Crippen LogP contribution >= 0.6 is 11.6 Å². The van der Waals surface area contributed by atoms with Crippen LogP contribution in [0.1, 0.15) is 57.6 Å². The fourth-order valence-electron chi connectivity index (χ4n) is 3.61. The summed E-state index contributed by atoms with van der Waals surface area (Å²) < 4.78 is 10.5. The number of halogens is 1. The lowest BCUT2D eigenvalue weighted by Crippen LogP contribution is -2.45. The Hall–Kier alpha value is -2.39. The zero-order chi connectivity index (χ0) is 22.3. The van der Waals surface area contributed by atoms with Gasteiger partial charge in [-0.1, -0.05) is 30.9 Å². The van der Waals surface area contributed by atoms with Crippen molar-refractivity contribution in [2.45, 2.75) is 58.1 Å². The first kappa shape index (κ1) is 23.9. The first-order valence-electron chi connectivity index (χ1n) is 9.92. The van der Waals surface area contributed by atoms with Crippen molar-refractivity contribution in [2.24, 2.45) is 0 Å². The van der Waals surface area contributed by atoms with E-state index >= 15 is 0 Å². The van der Waals surface area contributed by atoms with E-state index in [1.807, 2.05) is 0 Å². The number of rotatable bonds is 9. The molecule has 1 aliphatic rings. The molecule has 2 rings (SSSR count). The molecule has 1 N–H and O–H groups in total. The van der Waals surface area contributed by atoms with Crippen molar-refractivity contribution in [1.82, 2.24) is 4.90 Å². The molecule has 1 aliphatic carbocycles. The van der Waals surface area contributed by atoms with Crippen LogP contribution in [-0.4, -0.2) is 52.6 Å². The quantitative estimate of drug-likeness (QED) is 0.353. The third-order valence-corrected chi connectivity index (χ3v) is 5.32. The maximum absolute atomic E-state index is 12.8. The van der Waals surface area contributed by atoms with Crippen LogP contribution < -0.4 is 4.74 Å². The minimum atomic E-state index is -1.13. The van der Waals surface area contributed by atoms with E-state index in [2.05, 4.69) is 0 Å². The predicted octanol–water partition coefficient (Wildman–Crippen LogP) is 3.40. The number of hydrogen-bond donors (Lipinski definition) is 1. The summed E-state index contributed by atoms with van der Waals surface area (Å²) in [6.07, 6.45) is 3.80. The highest BCUT2D eigenvalue weighted by Gasteiger charge is 2.27. The van der Waals surface area contributed by atoms with Gasteiger partial charge in [0.15, 0.2) is 6.61 Å². The maximum atomic E-state index is 12.8. The van der Waals surface area contributed by atoms with Gasteiger partial charge in [-0.25, -0.2) is 0 Å². The topological polar surface area (TPSA) is 119 Å². The molecule has 1 atom stereocenters. The molecule has 0 saturated heterocycles. The smallest absolute Gasteiger partial charge is 0.302 e. The molecule has 30 heavy (non-hydrogen) atoms. The molecule has 0 heterocycles. The Bertz CT molecular complexity index is 779. The highest BCUT2D eigenvalue weighted by atomic mass is 35.5. The SMILES string of the molecule is CC(=O)OCCN(C(=O)COc1cc(Cl)c([N+](=O)[O-])c(C(C)O)c1)C1CCCCC1. The Balaban J connectivity index is 2.11. The first-order chi connectivity index (χ1) is 14.2. The van der Waals surface area contributed by atoms with E-state index in [9.17, 15) is 24.8 Å². The zero-order valence-corrected chi connectivity index (χ0v) is 17.9. The highest BCUT2D eigenvalue weighted by molar-refractivity contribution is 6.33. The van der Waals surface area contributed by atoms with Gasteiger partial charge in [-0.2, -0.15) is 0 Å². The summed E-state index contributed by atoms with van der Waals surface area (Å²) in [5.74, 6) is -0.533. The molecular formula is C20H27ClN2O7. The number of amides is 1.